The van der Waals surface area contributed by atoms with E-state index in [9.17, 15) is 8.42 Å². The largest absolute Gasteiger partial charge is 0.362 e. The van der Waals surface area contributed by atoms with Gasteiger partial charge in [-0.1, -0.05) is 32.4 Å². The number of alkyl halides is 1. The van der Waals surface area contributed by atoms with Crippen molar-refractivity contribution in [3.05, 3.63) is 0 Å². The molecule has 5 heteroatoms. The summed E-state index contributed by atoms with van der Waals surface area (Å²) < 4.78 is 28.0. The minimum Gasteiger partial charge on any atom is -0.362 e. The highest BCUT2D eigenvalue weighted by atomic mass is 35.5. The summed E-state index contributed by atoms with van der Waals surface area (Å²) in [6, 6.07) is 0. The normalized spacial score (nSPS) is 24.2. The van der Waals surface area contributed by atoms with Crippen LogP contribution in [0, 0.1) is 11.3 Å². The van der Waals surface area contributed by atoms with E-state index in [1.165, 1.54) is 0 Å². The molecule has 16 heavy (non-hydrogen) atoms. The monoisotopic (exact) mass is 268 g/mol. The van der Waals surface area contributed by atoms with E-state index in [-0.39, 0.29) is 11.0 Å². The van der Waals surface area contributed by atoms with Crippen LogP contribution in [0.25, 0.3) is 0 Å². The second kappa shape index (κ2) is 5.23. The fraction of sp³-hybridized carbons (Fsp3) is 1.00. The van der Waals surface area contributed by atoms with E-state index >= 15 is 0 Å². The Labute approximate surface area is 103 Å². The number of rotatable bonds is 3. The number of halogens is 1. The molecule has 0 amide bonds. The first kappa shape index (κ1) is 14.3. The Hall–Kier alpha value is 0.200. The molecule has 1 aliphatic heterocycles. The first-order valence-electron chi connectivity index (χ1n) is 5.67. The van der Waals surface area contributed by atoms with Crippen molar-refractivity contribution in [3.8, 4) is 0 Å². The van der Waals surface area contributed by atoms with Crippen LogP contribution in [0.4, 0.5) is 0 Å². The Bertz CT molecular complexity index is 305. The average Bonchev–Trinajstić information content (AvgIpc) is 2.14. The zero-order valence-corrected chi connectivity index (χ0v) is 11.8. The van der Waals surface area contributed by atoms with Gasteiger partial charge in [-0.25, -0.2) is 8.42 Å². The standard InChI is InChI=1S/C11H21ClO3S/c1-11(2,3)10(12)15-8-9-4-6-16(13,14)7-5-9/h9-10H,4-8H2,1-3H3. The molecule has 1 unspecified atom stereocenters. The highest BCUT2D eigenvalue weighted by Crippen LogP contribution is 2.27. The first-order chi connectivity index (χ1) is 7.21. The van der Waals surface area contributed by atoms with Crippen LogP contribution in [-0.4, -0.2) is 32.1 Å². The molecule has 0 aromatic heterocycles. The highest BCUT2D eigenvalue weighted by Gasteiger charge is 2.27. The van der Waals surface area contributed by atoms with E-state index in [1.54, 1.807) is 0 Å². The predicted molar refractivity (Wildman–Crippen MR) is 66.4 cm³/mol. The molecule has 96 valence electrons. The summed E-state index contributed by atoms with van der Waals surface area (Å²) in [4.78, 5) is 0. The lowest BCUT2D eigenvalue weighted by Gasteiger charge is -2.28. The third-order valence-corrected chi connectivity index (χ3v) is 5.33. The van der Waals surface area contributed by atoms with E-state index in [4.69, 9.17) is 16.3 Å². The van der Waals surface area contributed by atoms with Crippen molar-refractivity contribution in [2.24, 2.45) is 11.3 Å². The maximum absolute atomic E-state index is 11.2. The van der Waals surface area contributed by atoms with E-state index < -0.39 is 9.84 Å². The second-order valence-electron chi connectivity index (χ2n) is 5.61. The van der Waals surface area contributed by atoms with Crippen LogP contribution in [0.3, 0.4) is 0 Å². The lowest BCUT2D eigenvalue weighted by molar-refractivity contribution is 0.0162. The van der Waals surface area contributed by atoms with Crippen molar-refractivity contribution in [1.82, 2.24) is 0 Å². The molecule has 0 radical (unpaired) electrons. The van der Waals surface area contributed by atoms with E-state index in [2.05, 4.69) is 0 Å². The fourth-order valence-electron chi connectivity index (χ4n) is 1.58. The number of hydrogen-bond acceptors (Lipinski definition) is 3. The van der Waals surface area contributed by atoms with Crippen molar-refractivity contribution in [3.63, 3.8) is 0 Å². The Balaban J connectivity index is 2.30. The predicted octanol–water partition coefficient (Wildman–Crippen LogP) is 2.44. The van der Waals surface area contributed by atoms with Gasteiger partial charge < -0.3 is 4.74 Å². The van der Waals surface area contributed by atoms with Gasteiger partial charge in [0.25, 0.3) is 0 Å². The average molecular weight is 269 g/mol. The molecule has 3 nitrogen and oxygen atoms in total. The van der Waals surface area contributed by atoms with Gasteiger partial charge in [0.15, 0.2) is 0 Å². The van der Waals surface area contributed by atoms with Crippen molar-refractivity contribution >= 4 is 21.4 Å². The molecule has 0 aromatic carbocycles. The Morgan fingerprint density at radius 2 is 1.81 bits per heavy atom. The quantitative estimate of drug-likeness (QED) is 0.739. The zero-order valence-electron chi connectivity index (χ0n) is 10.2. The first-order valence-corrected chi connectivity index (χ1v) is 7.92. The third kappa shape index (κ3) is 4.60. The van der Waals surface area contributed by atoms with Gasteiger partial charge >= 0.3 is 0 Å². The summed E-state index contributed by atoms with van der Waals surface area (Å²) in [5.41, 5.74) is -0.395. The van der Waals surface area contributed by atoms with Crippen LogP contribution < -0.4 is 0 Å². The van der Waals surface area contributed by atoms with Crippen LogP contribution in [0.2, 0.25) is 0 Å². The molecule has 0 saturated carbocycles. The molecule has 1 fully saturated rings. The second-order valence-corrected chi connectivity index (χ2v) is 8.31. The number of ether oxygens (including phenoxy) is 1. The van der Waals surface area contributed by atoms with Crippen molar-refractivity contribution in [2.45, 2.75) is 39.2 Å². The Morgan fingerprint density at radius 1 is 1.31 bits per heavy atom. The lowest BCUT2D eigenvalue weighted by atomic mass is 9.98. The van der Waals surface area contributed by atoms with Crippen molar-refractivity contribution in [1.29, 1.82) is 0 Å². The molecule has 1 atom stereocenters. The maximum Gasteiger partial charge on any atom is 0.150 e. The number of sulfone groups is 1. The highest BCUT2D eigenvalue weighted by molar-refractivity contribution is 7.91. The van der Waals surface area contributed by atoms with Gasteiger partial charge in [0.2, 0.25) is 0 Å². The minimum absolute atomic E-state index is 0.0811. The molecule has 0 aromatic rings. The summed E-state index contributed by atoms with van der Waals surface area (Å²) in [6.45, 7) is 6.64. The van der Waals surface area contributed by atoms with Crippen molar-refractivity contribution < 1.29 is 13.2 Å². The Kier molecular flexibility index (Phi) is 4.66. The third-order valence-electron chi connectivity index (χ3n) is 2.83. The SMILES string of the molecule is CC(C)(C)C(Cl)OCC1CCS(=O)(=O)CC1. The van der Waals surface area contributed by atoms with Crippen LogP contribution >= 0.6 is 11.6 Å². The summed E-state index contributed by atoms with van der Waals surface area (Å²) in [5.74, 6) is 0.930. The fourth-order valence-corrected chi connectivity index (χ4v) is 3.24. The smallest absolute Gasteiger partial charge is 0.150 e. The van der Waals surface area contributed by atoms with E-state index in [0.29, 0.717) is 36.9 Å². The van der Waals surface area contributed by atoms with Gasteiger partial charge in [0.1, 0.15) is 15.4 Å². The lowest BCUT2D eigenvalue weighted by Crippen LogP contribution is -2.30. The molecular weight excluding hydrogens is 248 g/mol. The number of hydrogen-bond donors (Lipinski definition) is 0. The minimum atomic E-state index is -2.77. The van der Waals surface area contributed by atoms with Gasteiger partial charge in [-0.05, 0) is 18.8 Å². The van der Waals surface area contributed by atoms with Gasteiger partial charge in [0, 0.05) is 5.41 Å². The molecule has 1 aliphatic rings. The molecule has 0 N–H and O–H groups in total. The molecule has 1 rings (SSSR count). The molecule has 0 bridgehead atoms. The molecule has 1 heterocycles. The molecule has 1 saturated heterocycles. The van der Waals surface area contributed by atoms with Gasteiger partial charge in [-0.15, -0.1) is 0 Å². The van der Waals surface area contributed by atoms with Crippen LogP contribution in [0.1, 0.15) is 33.6 Å². The summed E-state index contributed by atoms with van der Waals surface area (Å²) in [5, 5.41) is 0. The maximum atomic E-state index is 11.2. The topological polar surface area (TPSA) is 43.4 Å². The zero-order chi connectivity index (χ0) is 12.4. The summed E-state index contributed by atoms with van der Waals surface area (Å²) in [6.07, 6.45) is 1.41. The Morgan fingerprint density at radius 3 is 2.25 bits per heavy atom. The van der Waals surface area contributed by atoms with Gasteiger partial charge in [-0.3, -0.25) is 0 Å². The van der Waals surface area contributed by atoms with E-state index in [1.807, 2.05) is 20.8 Å². The summed E-state index contributed by atoms with van der Waals surface area (Å²) in [7, 11) is -2.77. The van der Waals surface area contributed by atoms with Gasteiger partial charge in [-0.2, -0.15) is 0 Å². The van der Waals surface area contributed by atoms with Crippen molar-refractivity contribution in [2.75, 3.05) is 18.1 Å². The molecule has 0 aliphatic carbocycles. The van der Waals surface area contributed by atoms with Crippen LogP contribution in [-0.2, 0) is 14.6 Å². The van der Waals surface area contributed by atoms with Crippen LogP contribution in [0.5, 0.6) is 0 Å². The molecule has 0 spiro atoms. The van der Waals surface area contributed by atoms with Crippen LogP contribution in [0.15, 0.2) is 0 Å². The molecular formula is C11H21ClO3S. The van der Waals surface area contributed by atoms with E-state index in [0.717, 1.165) is 0 Å². The van der Waals surface area contributed by atoms with Gasteiger partial charge in [0.05, 0.1) is 18.1 Å². The summed E-state index contributed by atoms with van der Waals surface area (Å²) >= 11 is 6.09.